The molecule has 0 amide bonds. The van der Waals surface area contributed by atoms with E-state index in [-0.39, 0.29) is 13.2 Å². The van der Waals surface area contributed by atoms with E-state index in [0.717, 1.165) is 16.9 Å². The summed E-state index contributed by atoms with van der Waals surface area (Å²) in [6.45, 7) is 4.03. The molecule has 30 heavy (non-hydrogen) atoms. The van der Waals surface area contributed by atoms with E-state index in [2.05, 4.69) is 26.1 Å². The Morgan fingerprint density at radius 3 is 2.83 bits per heavy atom. The number of hydrogen-bond acceptors (Lipinski definition) is 6. The van der Waals surface area contributed by atoms with E-state index >= 15 is 0 Å². The van der Waals surface area contributed by atoms with Crippen LogP contribution < -0.4 is 4.74 Å². The summed E-state index contributed by atoms with van der Waals surface area (Å²) >= 11 is 9.77. The van der Waals surface area contributed by atoms with Crippen molar-refractivity contribution in [1.82, 2.24) is 14.8 Å². The first-order valence-corrected chi connectivity index (χ1v) is 10.3. The number of hydrogen-bond donors (Lipinski definition) is 0. The third kappa shape index (κ3) is 3.80. The first-order chi connectivity index (χ1) is 14.5. The molecule has 0 aliphatic heterocycles. The third-order valence-electron chi connectivity index (χ3n) is 4.56. The molecule has 0 saturated heterocycles. The van der Waals surface area contributed by atoms with E-state index in [1.807, 2.05) is 35.8 Å². The summed E-state index contributed by atoms with van der Waals surface area (Å²) in [5, 5.41) is 8.75. The maximum Gasteiger partial charge on any atom is 0.340 e. The molecule has 4 aromatic rings. The Balaban J connectivity index is 1.89. The molecule has 0 unspecified atom stereocenters. The second-order valence-electron chi connectivity index (χ2n) is 6.42. The second kappa shape index (κ2) is 8.49. The molecule has 2 aromatic carbocycles. The second-order valence-corrected chi connectivity index (χ2v) is 7.71. The zero-order valence-corrected chi connectivity index (χ0v) is 18.5. The number of carbonyl (C=O) groups excluding carboxylic acids is 1. The minimum Gasteiger partial charge on any atom is -0.483 e. The van der Waals surface area contributed by atoms with Crippen molar-refractivity contribution in [3.05, 3.63) is 69.4 Å². The third-order valence-corrected chi connectivity index (χ3v) is 5.41. The highest BCUT2D eigenvalue weighted by molar-refractivity contribution is 9.10. The molecule has 0 aliphatic rings. The van der Waals surface area contributed by atoms with E-state index < -0.39 is 5.97 Å². The van der Waals surface area contributed by atoms with Crippen molar-refractivity contribution in [1.29, 1.82) is 0 Å². The summed E-state index contributed by atoms with van der Waals surface area (Å²) in [6.07, 6.45) is 1.24. The monoisotopic (exact) mass is 489 g/mol. The summed E-state index contributed by atoms with van der Waals surface area (Å²) < 4.78 is 18.9. The van der Waals surface area contributed by atoms with Gasteiger partial charge in [-0.05, 0) is 60.1 Å². The Hall–Kier alpha value is -2.84. The van der Waals surface area contributed by atoms with Gasteiger partial charge in [0.2, 0.25) is 6.39 Å². The Morgan fingerprint density at radius 1 is 1.30 bits per heavy atom. The average molecular weight is 491 g/mol. The van der Waals surface area contributed by atoms with Crippen LogP contribution in [0.1, 0.15) is 28.9 Å². The number of nitrogens with zero attached hydrogens (tertiary/aromatic N) is 3. The Bertz CT molecular complexity index is 1220. The Morgan fingerprint density at radius 2 is 2.13 bits per heavy atom. The summed E-state index contributed by atoms with van der Waals surface area (Å²) in [7, 11) is 0. The minimum atomic E-state index is -0.397. The van der Waals surface area contributed by atoms with Gasteiger partial charge >= 0.3 is 5.97 Å². The average Bonchev–Trinajstić information content (AvgIpc) is 3.31. The van der Waals surface area contributed by atoms with E-state index in [1.54, 1.807) is 19.1 Å². The molecule has 0 bridgehead atoms. The summed E-state index contributed by atoms with van der Waals surface area (Å²) in [6, 6.07) is 11.1. The molecule has 2 heterocycles. The molecule has 9 heteroatoms. The highest BCUT2D eigenvalue weighted by Crippen LogP contribution is 2.37. The van der Waals surface area contributed by atoms with Gasteiger partial charge in [0.15, 0.2) is 6.61 Å². The SMILES string of the molecule is CCOC(=O)c1c(C)n(-c2cccc(Cl)c2)c2cc(Br)c(OCc3nnco3)cc12. The lowest BCUT2D eigenvalue weighted by Crippen LogP contribution is -2.07. The van der Waals surface area contributed by atoms with Crippen molar-refractivity contribution < 1.29 is 18.7 Å². The number of esters is 1. The Labute approximate surface area is 185 Å². The normalized spacial score (nSPS) is 11.1. The van der Waals surface area contributed by atoms with Crippen LogP contribution in [0, 0.1) is 6.92 Å². The van der Waals surface area contributed by atoms with Crippen LogP contribution in [-0.2, 0) is 11.3 Å². The zero-order chi connectivity index (χ0) is 21.3. The van der Waals surface area contributed by atoms with Gasteiger partial charge in [0.05, 0.1) is 22.2 Å². The summed E-state index contributed by atoms with van der Waals surface area (Å²) in [5.41, 5.74) is 2.87. The zero-order valence-electron chi connectivity index (χ0n) is 16.2. The number of aromatic nitrogens is 3. The molecule has 0 N–H and O–H groups in total. The molecule has 0 aliphatic carbocycles. The number of fused-ring (bicyclic) bond motifs is 1. The maximum atomic E-state index is 12.8. The van der Waals surface area contributed by atoms with Gasteiger partial charge in [0, 0.05) is 21.8 Å². The van der Waals surface area contributed by atoms with Crippen LogP contribution >= 0.6 is 27.5 Å². The predicted octanol–water partition coefficient (Wildman–Crippen LogP) is 5.49. The first kappa shape index (κ1) is 20.4. The molecule has 0 atom stereocenters. The molecule has 0 fully saturated rings. The van der Waals surface area contributed by atoms with Gasteiger partial charge in [-0.15, -0.1) is 10.2 Å². The number of halogens is 2. The fourth-order valence-corrected chi connectivity index (χ4v) is 3.96. The highest BCUT2D eigenvalue weighted by Gasteiger charge is 2.24. The highest BCUT2D eigenvalue weighted by atomic mass is 79.9. The Kier molecular flexibility index (Phi) is 5.78. The minimum absolute atomic E-state index is 0.104. The van der Waals surface area contributed by atoms with Gasteiger partial charge in [-0.3, -0.25) is 0 Å². The van der Waals surface area contributed by atoms with Crippen molar-refractivity contribution in [2.24, 2.45) is 0 Å². The predicted molar refractivity (Wildman–Crippen MR) is 115 cm³/mol. The quantitative estimate of drug-likeness (QED) is 0.332. The van der Waals surface area contributed by atoms with Crippen LogP contribution in [0.2, 0.25) is 5.02 Å². The summed E-state index contributed by atoms with van der Waals surface area (Å²) in [5.74, 6) is 0.487. The molecule has 154 valence electrons. The van der Waals surface area contributed by atoms with Crippen LogP contribution in [0.5, 0.6) is 5.75 Å². The molecule has 0 spiro atoms. The molecule has 0 saturated carbocycles. The lowest BCUT2D eigenvalue weighted by molar-refractivity contribution is 0.0527. The van der Waals surface area contributed by atoms with E-state index in [4.69, 9.17) is 25.5 Å². The first-order valence-electron chi connectivity index (χ1n) is 9.15. The van der Waals surface area contributed by atoms with E-state index in [0.29, 0.717) is 32.1 Å². The van der Waals surface area contributed by atoms with Crippen LogP contribution in [0.25, 0.3) is 16.6 Å². The number of ether oxygens (including phenoxy) is 2. The standard InChI is InChI=1S/C21H17BrClN3O4/c1-3-28-21(27)20-12(2)26(14-6-4-5-13(23)7-14)17-9-16(22)18(8-15(17)20)29-10-19-25-24-11-30-19/h4-9,11H,3,10H2,1-2H3. The van der Waals surface area contributed by atoms with Crippen molar-refractivity contribution in [2.75, 3.05) is 6.61 Å². The van der Waals surface area contributed by atoms with Gasteiger partial charge in [0.25, 0.3) is 5.89 Å². The largest absolute Gasteiger partial charge is 0.483 e. The van der Waals surface area contributed by atoms with Gasteiger partial charge in [-0.25, -0.2) is 4.79 Å². The lowest BCUT2D eigenvalue weighted by Gasteiger charge is -2.11. The molecule has 0 radical (unpaired) electrons. The van der Waals surface area contributed by atoms with Crippen molar-refractivity contribution in [3.8, 4) is 11.4 Å². The molecular weight excluding hydrogens is 474 g/mol. The number of carbonyl (C=O) groups is 1. The lowest BCUT2D eigenvalue weighted by atomic mass is 10.1. The van der Waals surface area contributed by atoms with Gasteiger partial charge < -0.3 is 18.5 Å². The fourth-order valence-electron chi connectivity index (χ4n) is 3.33. The van der Waals surface area contributed by atoms with Gasteiger partial charge in [-0.2, -0.15) is 0 Å². The molecule has 2 aromatic heterocycles. The number of rotatable bonds is 6. The number of benzene rings is 2. The molecule has 4 rings (SSSR count). The van der Waals surface area contributed by atoms with Crippen LogP contribution in [-0.4, -0.2) is 27.3 Å². The maximum absolute atomic E-state index is 12.8. The van der Waals surface area contributed by atoms with E-state index in [1.165, 1.54) is 6.39 Å². The van der Waals surface area contributed by atoms with Crippen molar-refractivity contribution in [2.45, 2.75) is 20.5 Å². The van der Waals surface area contributed by atoms with Gasteiger partial charge in [0.1, 0.15) is 5.75 Å². The van der Waals surface area contributed by atoms with Gasteiger partial charge in [-0.1, -0.05) is 17.7 Å². The summed E-state index contributed by atoms with van der Waals surface area (Å²) in [4.78, 5) is 12.8. The van der Waals surface area contributed by atoms with Crippen molar-refractivity contribution >= 4 is 44.4 Å². The van der Waals surface area contributed by atoms with Crippen LogP contribution in [0.4, 0.5) is 0 Å². The smallest absolute Gasteiger partial charge is 0.340 e. The molecular formula is C21H17BrClN3O4. The molecule has 7 nitrogen and oxygen atoms in total. The van der Waals surface area contributed by atoms with Crippen LogP contribution in [0.15, 0.2) is 51.7 Å². The van der Waals surface area contributed by atoms with E-state index in [9.17, 15) is 4.79 Å². The fraction of sp³-hybridized carbons (Fsp3) is 0.190. The topological polar surface area (TPSA) is 79.4 Å². The van der Waals surface area contributed by atoms with Crippen molar-refractivity contribution in [3.63, 3.8) is 0 Å². The van der Waals surface area contributed by atoms with Crippen LogP contribution in [0.3, 0.4) is 0 Å².